The maximum absolute atomic E-state index is 12.6. The predicted octanol–water partition coefficient (Wildman–Crippen LogP) is 4.23. The van der Waals surface area contributed by atoms with Crippen molar-refractivity contribution >= 4 is 106 Å². The summed E-state index contributed by atoms with van der Waals surface area (Å²) in [6.45, 7) is 0.258. The minimum absolute atomic E-state index is 0. The molecule has 0 spiro atoms. The molecular weight excluding hydrogens is 1260 g/mol. The average molecular weight is 1320 g/mol. The van der Waals surface area contributed by atoms with Gasteiger partial charge in [0.15, 0.2) is 28.1 Å². The van der Waals surface area contributed by atoms with Gasteiger partial charge in [0.05, 0.1) is 30.4 Å². The van der Waals surface area contributed by atoms with Crippen LogP contribution in [0.25, 0.3) is 34.6 Å². The van der Waals surface area contributed by atoms with Crippen LogP contribution in [0, 0.1) is 5.92 Å². The summed E-state index contributed by atoms with van der Waals surface area (Å²) in [4.78, 5) is 146. The van der Waals surface area contributed by atoms with Gasteiger partial charge in [-0.1, -0.05) is 36.4 Å². The first-order valence-electron chi connectivity index (χ1n) is 23.0. The summed E-state index contributed by atoms with van der Waals surface area (Å²) < 4.78 is 0. The Hall–Kier alpha value is -8.37. The van der Waals surface area contributed by atoms with Crippen LogP contribution in [0.1, 0.15) is 95.3 Å². The van der Waals surface area contributed by atoms with Crippen molar-refractivity contribution in [3.63, 3.8) is 0 Å². The zero-order valence-corrected chi connectivity index (χ0v) is 45.3. The van der Waals surface area contributed by atoms with E-state index in [2.05, 4.69) is 55.8 Å². The number of fused-ring (bicyclic) bond motifs is 2. The monoisotopic (exact) mass is 1320 g/mol. The number of aromatic amines is 2. The van der Waals surface area contributed by atoms with Crippen molar-refractivity contribution in [2.24, 2.45) is 5.92 Å². The molecule has 0 saturated carbocycles. The number of aromatic nitrogens is 8. The summed E-state index contributed by atoms with van der Waals surface area (Å²) in [7, 11) is 9.75. The van der Waals surface area contributed by atoms with Crippen molar-refractivity contribution in [1.29, 1.82) is 0 Å². The van der Waals surface area contributed by atoms with Gasteiger partial charge in [0.2, 0.25) is 17.8 Å². The van der Waals surface area contributed by atoms with E-state index >= 15 is 0 Å². The molecular formula is C47H55Cl2N15O14Pt. The maximum Gasteiger partial charge on any atom is -0.693 e. The number of amides is 2. The fourth-order valence-corrected chi connectivity index (χ4v) is 6.93. The molecule has 4 heterocycles. The van der Waals surface area contributed by atoms with Gasteiger partial charge >= 0.3 is 59.2 Å². The summed E-state index contributed by atoms with van der Waals surface area (Å²) in [6, 6.07) is 11.8. The van der Waals surface area contributed by atoms with Crippen LogP contribution in [-0.2, 0) is 64.6 Å². The van der Waals surface area contributed by atoms with Gasteiger partial charge in [-0.3, -0.25) is 53.1 Å². The average Bonchev–Trinajstić information content (AvgIpc) is 3.38. The number of anilines is 3. The normalized spacial score (nSPS) is 11.2. The molecule has 17 N–H and O–H groups in total. The van der Waals surface area contributed by atoms with E-state index in [1.807, 2.05) is 0 Å². The number of Topliss-reactive ketones (excluding diaryl/α,β-unsaturated/α-hetero) is 2. The first kappa shape index (κ1) is 66.7. The number of nitrogens with one attached hydrogen (secondary N) is 5. The number of rotatable bonds is 26. The summed E-state index contributed by atoms with van der Waals surface area (Å²) in [5.41, 5.74) is 13.2. The number of carbonyl (C=O) groups excluding carboxylic acids is 4. The molecule has 0 aliphatic heterocycles. The van der Waals surface area contributed by atoms with E-state index < -0.39 is 75.3 Å². The van der Waals surface area contributed by atoms with E-state index in [9.17, 15) is 58.2 Å². The van der Waals surface area contributed by atoms with E-state index in [-0.39, 0.29) is 128 Å². The number of nitrogen functional groups attached to an aromatic ring is 2. The Morgan fingerprint density at radius 1 is 0.646 bits per heavy atom. The second-order valence-electron chi connectivity index (χ2n) is 16.5. The van der Waals surface area contributed by atoms with Crippen molar-refractivity contribution in [1.82, 2.24) is 50.5 Å². The molecule has 0 bridgehead atoms. The van der Waals surface area contributed by atoms with Crippen LogP contribution in [0.4, 0.5) is 17.7 Å². The molecule has 0 aliphatic rings. The Labute approximate surface area is 464 Å². The molecule has 6 aromatic rings. The van der Waals surface area contributed by atoms with E-state index in [0.29, 0.717) is 36.5 Å². The van der Waals surface area contributed by atoms with Gasteiger partial charge in [-0.2, -0.15) is 9.97 Å². The molecule has 0 fully saturated rings. The third-order valence-corrected chi connectivity index (χ3v) is 10.9. The molecule has 2 aromatic carbocycles. The summed E-state index contributed by atoms with van der Waals surface area (Å²) in [5, 5.41) is 43.9. The first-order chi connectivity index (χ1) is 36.6. The molecule has 2 atom stereocenters. The molecule has 6 rings (SSSR count). The first-order valence-corrected chi connectivity index (χ1v) is 28.6. The maximum atomic E-state index is 12.6. The molecule has 1 unspecified atom stereocenters. The second-order valence-corrected chi connectivity index (χ2v) is 19.8. The van der Waals surface area contributed by atoms with E-state index in [0.717, 1.165) is 11.1 Å². The number of aliphatic carboxylic acids is 4. The van der Waals surface area contributed by atoms with Crippen molar-refractivity contribution in [3.05, 3.63) is 122 Å². The van der Waals surface area contributed by atoms with E-state index in [1.165, 1.54) is 12.4 Å². The van der Waals surface area contributed by atoms with Crippen molar-refractivity contribution in [3.8, 4) is 0 Å². The van der Waals surface area contributed by atoms with Crippen LogP contribution in [-0.4, -0.2) is 120 Å². The minimum Gasteiger partial charge on any atom is -0.693 e. The fourth-order valence-electron chi connectivity index (χ4n) is 6.93. The number of carboxylic acids is 4. The largest absolute Gasteiger partial charge is 0.693 e. The van der Waals surface area contributed by atoms with E-state index in [1.54, 1.807) is 48.5 Å². The number of benzene rings is 2. The number of nitrogens with two attached hydrogens (primary N) is 4. The Bertz CT molecular complexity index is 3000. The van der Waals surface area contributed by atoms with Gasteiger partial charge in [0.25, 0.3) is 17.0 Å². The molecule has 0 aliphatic carbocycles. The second kappa shape index (κ2) is 33.7. The number of nitrogens with zero attached hydrogens (tertiary/aromatic N) is 6. The number of carbonyl (C=O) groups is 8. The molecule has 0 saturated heterocycles. The summed E-state index contributed by atoms with van der Waals surface area (Å²) in [6.07, 6.45) is 3.14. The smallest absolute Gasteiger partial charge is 0.693 e. The molecule has 32 heteroatoms. The van der Waals surface area contributed by atoms with Gasteiger partial charge in [-0.05, 0) is 55.4 Å². The number of H-pyrrole nitrogens is 2. The summed E-state index contributed by atoms with van der Waals surface area (Å²) >= 11 is -0.472. The number of hydrogen-bond acceptors (Lipinski definition) is 19. The molecule has 2 amide bonds. The van der Waals surface area contributed by atoms with Gasteiger partial charge in [-0.25, -0.2) is 24.7 Å². The van der Waals surface area contributed by atoms with Crippen molar-refractivity contribution < 1.29 is 75.3 Å². The Morgan fingerprint density at radius 2 is 1.20 bits per heavy atom. The summed E-state index contributed by atoms with van der Waals surface area (Å²) in [5.74, 6) is -7.05. The van der Waals surface area contributed by atoms with Crippen LogP contribution >= 0.6 is 18.8 Å². The third kappa shape index (κ3) is 23.0. The van der Waals surface area contributed by atoms with Crippen LogP contribution in [0.3, 0.4) is 0 Å². The van der Waals surface area contributed by atoms with Crippen molar-refractivity contribution in [2.45, 2.75) is 83.2 Å². The number of carboxylic acid groups (broad SMARTS) is 4. The van der Waals surface area contributed by atoms with Gasteiger partial charge < -0.3 is 60.1 Å². The Kier molecular flexibility index (Phi) is 28.5. The Morgan fingerprint density at radius 3 is 1.77 bits per heavy atom. The van der Waals surface area contributed by atoms with Crippen LogP contribution < -0.4 is 38.5 Å². The number of aryl methyl sites for hydroxylation is 2. The van der Waals surface area contributed by atoms with Crippen LogP contribution in [0.5, 0.6) is 0 Å². The van der Waals surface area contributed by atoms with Gasteiger partial charge in [-0.15, -0.1) is 0 Å². The number of hydrogen-bond donors (Lipinski definition) is 11. The van der Waals surface area contributed by atoms with Crippen LogP contribution in [0.2, 0.25) is 0 Å². The number of ketones is 2. The van der Waals surface area contributed by atoms with Gasteiger partial charge in [0, 0.05) is 56.3 Å². The third-order valence-electron chi connectivity index (χ3n) is 10.9. The molecule has 0 radical (unpaired) electrons. The Balaban J connectivity index is 0.000000502. The zero-order valence-electron chi connectivity index (χ0n) is 41.6. The number of halogens is 2. The van der Waals surface area contributed by atoms with E-state index in [4.69, 9.17) is 40.5 Å². The topological polar surface area (TPSA) is 516 Å². The van der Waals surface area contributed by atoms with Gasteiger partial charge in [0.1, 0.15) is 17.6 Å². The molecule has 79 heavy (non-hydrogen) atoms. The molecule has 4 aromatic heterocycles. The van der Waals surface area contributed by atoms with Crippen molar-refractivity contribution in [2.75, 3.05) is 23.3 Å². The molecule has 426 valence electrons. The fraction of sp³-hybridized carbons (Fsp3) is 0.319. The SMILES string of the molecule is Nc1nc2ncc(CCc3ccc(C(=O)N[C@@H](CCC(=O)CCCC(=O)O)C(=O)O)cc3)nc2c(=O)[nH]1.Nc1nc2ncc(NCc3ccc(C(=O)CC(CCC(=O)NCCC(=O)O)C(=O)O)cc3)nc2c(=O)[nH]1.[Cl][Pt+2][Cl].[NH2-].[NH2-]. The molecule has 29 nitrogen and oxygen atoms in total. The minimum atomic E-state index is -1.27. The quantitative estimate of drug-likeness (QED) is 0.0338. The standard InChI is InChI=1S/C24H26N6O7.C23H25N7O7.2ClH.2H2N.Pt/c25-24-29-20-19(22(35)30-24)27-15(12-26-20)9-6-13-4-7-14(8-5-13)21(34)28-17(23(36)37)11-10-16(31)2-1-3-18(32)33;24-23-29-20-19(21(35)30-23)28-16(11-27-20)26-10-12-1-3-13(4-2-12)15(31)9-14(22(36)37)5-6-17(32)25-8-7-18(33)34;;;;;/h4-5,7-8,12,17H,1-3,6,9-11H2,(H,28,34)(H,32,33)(H,36,37)(H3,25,26,29,30,35);1-4,11,14H,5-10H2,(H,25,32)(H,26,28)(H,33,34)(H,36,37)(H3,24,27,29,30,35);2*1H;2*1H2;/q;;;;2*-1;+4/p-2/t17-;;;;;;/m0....../s1. The zero-order chi connectivity index (χ0) is 56.6. The predicted molar refractivity (Wildman–Crippen MR) is 284 cm³/mol. The van der Waals surface area contributed by atoms with Crippen LogP contribution in [0.15, 0.2) is 70.5 Å².